The summed E-state index contributed by atoms with van der Waals surface area (Å²) >= 11 is 0. The Hall–Kier alpha value is -3.07. The Morgan fingerprint density at radius 3 is 2.45 bits per heavy atom. The van der Waals surface area contributed by atoms with E-state index >= 15 is 0 Å². The molecular formula is C25H28N2O6. The van der Waals surface area contributed by atoms with Gasteiger partial charge >= 0.3 is 5.97 Å². The molecule has 2 heterocycles. The topological polar surface area (TPSA) is 96.4 Å². The predicted molar refractivity (Wildman–Crippen MR) is 120 cm³/mol. The number of aliphatic carboxylic acids is 1. The molecule has 8 nitrogen and oxygen atoms in total. The predicted octanol–water partition coefficient (Wildman–Crippen LogP) is 2.10. The van der Waals surface area contributed by atoms with Gasteiger partial charge < -0.3 is 24.3 Å². The van der Waals surface area contributed by atoms with Gasteiger partial charge in [-0.3, -0.25) is 9.69 Å². The minimum absolute atomic E-state index is 0.103. The second-order valence-corrected chi connectivity index (χ2v) is 8.37. The van der Waals surface area contributed by atoms with Gasteiger partial charge in [-0.25, -0.2) is 4.79 Å². The number of amides is 1. The lowest BCUT2D eigenvalue weighted by Crippen LogP contribution is -2.44. The van der Waals surface area contributed by atoms with E-state index in [4.69, 9.17) is 9.47 Å². The molecule has 0 spiro atoms. The van der Waals surface area contributed by atoms with Crippen molar-refractivity contribution in [3.63, 3.8) is 0 Å². The highest BCUT2D eigenvalue weighted by Crippen LogP contribution is 2.26. The number of aldehydes is 1. The van der Waals surface area contributed by atoms with Crippen molar-refractivity contribution < 1.29 is 29.0 Å². The zero-order valence-corrected chi connectivity index (χ0v) is 18.4. The summed E-state index contributed by atoms with van der Waals surface area (Å²) in [5.74, 6) is -1.49. The number of ether oxygens (including phenoxy) is 2. The van der Waals surface area contributed by atoms with Crippen molar-refractivity contribution in [3.05, 3.63) is 70.8 Å². The Morgan fingerprint density at radius 2 is 1.79 bits per heavy atom. The third-order valence-corrected chi connectivity index (χ3v) is 6.11. The van der Waals surface area contributed by atoms with Crippen molar-refractivity contribution >= 4 is 18.2 Å². The van der Waals surface area contributed by atoms with E-state index in [9.17, 15) is 19.5 Å². The molecule has 2 aliphatic rings. The quantitative estimate of drug-likeness (QED) is 0.552. The maximum Gasteiger partial charge on any atom is 0.326 e. The van der Waals surface area contributed by atoms with Gasteiger partial charge in [0.25, 0.3) is 5.91 Å². The standard InChI is InChI=1S/C25H28N2O6/c28-16-21(13-23(25(30)31)27-15-20-3-1-2-4-22(20)24(27)29)33-17-19-7-5-18(6-8-19)14-26-9-11-32-12-10-26/h1-8,16,21,23H,9-15,17H2,(H,30,31). The molecule has 2 aromatic rings. The van der Waals surface area contributed by atoms with Crippen LogP contribution in [0.25, 0.3) is 0 Å². The molecule has 0 bridgehead atoms. The van der Waals surface area contributed by atoms with Crippen LogP contribution in [0.5, 0.6) is 0 Å². The maximum absolute atomic E-state index is 12.7. The molecule has 33 heavy (non-hydrogen) atoms. The number of morpholine rings is 1. The van der Waals surface area contributed by atoms with E-state index in [1.165, 1.54) is 10.5 Å². The van der Waals surface area contributed by atoms with Crippen LogP contribution in [0.4, 0.5) is 0 Å². The number of carboxylic acid groups (broad SMARTS) is 1. The number of fused-ring (bicyclic) bond motifs is 1. The maximum atomic E-state index is 12.7. The van der Waals surface area contributed by atoms with Crippen LogP contribution in [0.1, 0.15) is 33.5 Å². The molecular weight excluding hydrogens is 424 g/mol. The van der Waals surface area contributed by atoms with Crippen molar-refractivity contribution in [1.82, 2.24) is 9.80 Å². The lowest BCUT2D eigenvalue weighted by atomic mass is 10.1. The molecule has 4 rings (SSSR count). The molecule has 174 valence electrons. The number of rotatable bonds is 10. The van der Waals surface area contributed by atoms with Gasteiger partial charge in [0.2, 0.25) is 0 Å². The van der Waals surface area contributed by atoms with Crippen molar-refractivity contribution in [2.24, 2.45) is 0 Å². The van der Waals surface area contributed by atoms with Gasteiger partial charge in [0, 0.05) is 38.2 Å². The van der Waals surface area contributed by atoms with Crippen molar-refractivity contribution in [2.45, 2.75) is 38.3 Å². The first kappa shape index (κ1) is 23.1. The summed E-state index contributed by atoms with van der Waals surface area (Å²) in [5.41, 5.74) is 3.37. The van der Waals surface area contributed by atoms with E-state index in [2.05, 4.69) is 4.90 Å². The van der Waals surface area contributed by atoms with Gasteiger partial charge in [-0.1, -0.05) is 42.5 Å². The van der Waals surface area contributed by atoms with Crippen LogP contribution >= 0.6 is 0 Å². The molecule has 0 saturated carbocycles. The first-order chi connectivity index (χ1) is 16.0. The SMILES string of the molecule is O=CC(CC(C(=O)O)N1Cc2ccccc2C1=O)OCc1ccc(CN2CCOCC2)cc1. The van der Waals surface area contributed by atoms with Crippen molar-refractivity contribution in [3.8, 4) is 0 Å². The lowest BCUT2D eigenvalue weighted by molar-refractivity contribution is -0.144. The Morgan fingerprint density at radius 1 is 1.09 bits per heavy atom. The zero-order valence-electron chi connectivity index (χ0n) is 18.4. The van der Waals surface area contributed by atoms with Crippen LogP contribution in [-0.4, -0.2) is 71.5 Å². The summed E-state index contributed by atoms with van der Waals surface area (Å²) in [7, 11) is 0. The number of hydrogen-bond donors (Lipinski definition) is 1. The van der Waals surface area contributed by atoms with Crippen LogP contribution in [0.3, 0.4) is 0 Å². The number of benzene rings is 2. The van der Waals surface area contributed by atoms with E-state index in [-0.39, 0.29) is 25.5 Å². The first-order valence-electron chi connectivity index (χ1n) is 11.1. The zero-order chi connectivity index (χ0) is 23.2. The van der Waals surface area contributed by atoms with Gasteiger partial charge in [-0.2, -0.15) is 0 Å². The van der Waals surface area contributed by atoms with Crippen molar-refractivity contribution in [1.29, 1.82) is 0 Å². The van der Waals surface area contributed by atoms with E-state index < -0.39 is 18.1 Å². The second-order valence-electron chi connectivity index (χ2n) is 8.37. The molecule has 2 unspecified atom stereocenters. The molecule has 1 N–H and O–H groups in total. The highest BCUT2D eigenvalue weighted by molar-refractivity contribution is 6.00. The van der Waals surface area contributed by atoms with Crippen LogP contribution in [-0.2, 0) is 38.8 Å². The molecule has 2 aliphatic heterocycles. The van der Waals surface area contributed by atoms with Gasteiger partial charge in [-0.15, -0.1) is 0 Å². The lowest BCUT2D eigenvalue weighted by Gasteiger charge is -2.26. The third kappa shape index (κ3) is 5.65. The van der Waals surface area contributed by atoms with E-state index in [0.29, 0.717) is 11.8 Å². The summed E-state index contributed by atoms with van der Waals surface area (Å²) in [5, 5.41) is 9.75. The van der Waals surface area contributed by atoms with Gasteiger partial charge in [0.1, 0.15) is 18.4 Å². The van der Waals surface area contributed by atoms with E-state index in [1.807, 2.05) is 36.4 Å². The minimum Gasteiger partial charge on any atom is -0.480 e. The molecule has 1 fully saturated rings. The Balaban J connectivity index is 1.33. The number of hydrogen-bond acceptors (Lipinski definition) is 6. The van der Waals surface area contributed by atoms with Crippen LogP contribution < -0.4 is 0 Å². The molecule has 0 aliphatic carbocycles. The number of nitrogens with zero attached hydrogens (tertiary/aromatic N) is 2. The molecule has 2 atom stereocenters. The monoisotopic (exact) mass is 452 g/mol. The summed E-state index contributed by atoms with van der Waals surface area (Å²) < 4.78 is 11.1. The normalized spacial score (nSPS) is 18.1. The van der Waals surface area contributed by atoms with Crippen LogP contribution in [0.15, 0.2) is 48.5 Å². The third-order valence-electron chi connectivity index (χ3n) is 6.11. The van der Waals surface area contributed by atoms with E-state index in [1.54, 1.807) is 12.1 Å². The average Bonchev–Trinajstić information content (AvgIpc) is 3.17. The molecule has 1 saturated heterocycles. The fraction of sp³-hybridized carbons (Fsp3) is 0.400. The largest absolute Gasteiger partial charge is 0.480 e. The van der Waals surface area contributed by atoms with Gasteiger partial charge in [-0.05, 0) is 22.8 Å². The van der Waals surface area contributed by atoms with E-state index in [0.717, 1.165) is 44.0 Å². The van der Waals surface area contributed by atoms with Crippen LogP contribution in [0.2, 0.25) is 0 Å². The molecule has 0 radical (unpaired) electrons. The highest BCUT2D eigenvalue weighted by Gasteiger charge is 2.37. The smallest absolute Gasteiger partial charge is 0.326 e. The first-order valence-corrected chi connectivity index (χ1v) is 11.1. The second kappa shape index (κ2) is 10.7. The average molecular weight is 453 g/mol. The minimum atomic E-state index is -1.15. The highest BCUT2D eigenvalue weighted by atomic mass is 16.5. The van der Waals surface area contributed by atoms with Crippen molar-refractivity contribution in [2.75, 3.05) is 26.3 Å². The Labute approximate surface area is 192 Å². The summed E-state index contributed by atoms with van der Waals surface area (Å²) in [4.78, 5) is 39.9. The number of carbonyl (C=O) groups is 3. The Kier molecular flexibility index (Phi) is 7.49. The summed E-state index contributed by atoms with van der Waals surface area (Å²) in [6, 6.07) is 13.9. The fourth-order valence-electron chi connectivity index (χ4n) is 4.23. The van der Waals surface area contributed by atoms with Crippen LogP contribution in [0, 0.1) is 0 Å². The summed E-state index contributed by atoms with van der Waals surface area (Å²) in [6.45, 7) is 4.59. The Bertz CT molecular complexity index is 987. The number of carboxylic acids is 1. The molecule has 2 aromatic carbocycles. The summed E-state index contributed by atoms with van der Waals surface area (Å²) in [6.07, 6.45) is -0.431. The fourth-order valence-corrected chi connectivity index (χ4v) is 4.23. The van der Waals surface area contributed by atoms with Gasteiger partial charge in [0.05, 0.1) is 19.8 Å². The van der Waals surface area contributed by atoms with Gasteiger partial charge in [0.15, 0.2) is 0 Å². The molecule has 8 heteroatoms. The molecule has 1 amide bonds. The number of carbonyl (C=O) groups excluding carboxylic acids is 2. The molecule has 0 aromatic heterocycles.